The second kappa shape index (κ2) is 5.80. The van der Waals surface area contributed by atoms with E-state index in [-0.39, 0.29) is 11.3 Å². The van der Waals surface area contributed by atoms with E-state index in [9.17, 15) is 18.8 Å². The number of anilines is 1. The second-order valence-corrected chi connectivity index (χ2v) is 3.70. The van der Waals surface area contributed by atoms with Crippen LogP contribution in [-0.4, -0.2) is 34.1 Å². The van der Waals surface area contributed by atoms with E-state index in [2.05, 4.69) is 0 Å². The molecule has 8 heteroatoms. The average Bonchev–Trinajstić information content (AvgIpc) is 2.31. The molecule has 0 saturated carbocycles. The van der Waals surface area contributed by atoms with Crippen LogP contribution in [0.3, 0.4) is 0 Å². The molecule has 0 saturated heterocycles. The Labute approximate surface area is 106 Å². The Hall–Kier alpha value is -2.64. The Balaban J connectivity index is 2.84. The molecule has 0 aliphatic heterocycles. The zero-order valence-corrected chi connectivity index (χ0v) is 9.59. The highest BCUT2D eigenvalue weighted by Crippen LogP contribution is 2.12. The van der Waals surface area contributed by atoms with Gasteiger partial charge in [-0.3, -0.25) is 9.59 Å². The van der Waals surface area contributed by atoms with Gasteiger partial charge >= 0.3 is 11.9 Å². The monoisotopic (exact) mass is 270 g/mol. The van der Waals surface area contributed by atoms with Crippen LogP contribution in [0.2, 0.25) is 0 Å². The Morgan fingerprint density at radius 1 is 1.32 bits per heavy atom. The molecule has 1 unspecified atom stereocenters. The molecule has 0 radical (unpaired) electrons. The van der Waals surface area contributed by atoms with Gasteiger partial charge in [0, 0.05) is 5.56 Å². The summed E-state index contributed by atoms with van der Waals surface area (Å²) in [7, 11) is 0. The number of benzene rings is 1. The second-order valence-electron chi connectivity index (χ2n) is 3.70. The highest BCUT2D eigenvalue weighted by Gasteiger charge is 2.23. The SMILES string of the molecule is Nc1cc(C(=O)NC(CC(=O)O)C(=O)O)ccc1F. The smallest absolute Gasteiger partial charge is 0.326 e. The quantitative estimate of drug-likeness (QED) is 0.560. The van der Waals surface area contributed by atoms with Crippen molar-refractivity contribution in [3.05, 3.63) is 29.6 Å². The number of halogens is 1. The van der Waals surface area contributed by atoms with Gasteiger partial charge in [0.05, 0.1) is 12.1 Å². The predicted molar refractivity (Wildman–Crippen MR) is 62.0 cm³/mol. The number of nitrogens with two attached hydrogens (primary N) is 1. The van der Waals surface area contributed by atoms with Gasteiger partial charge in [-0.25, -0.2) is 9.18 Å². The molecule has 0 bridgehead atoms. The molecule has 1 atom stereocenters. The fourth-order valence-corrected chi connectivity index (χ4v) is 1.30. The first-order valence-electron chi connectivity index (χ1n) is 5.11. The van der Waals surface area contributed by atoms with Gasteiger partial charge in [0.15, 0.2) is 0 Å². The number of hydrogen-bond acceptors (Lipinski definition) is 4. The number of amides is 1. The van der Waals surface area contributed by atoms with Crippen molar-refractivity contribution in [2.45, 2.75) is 12.5 Å². The number of aliphatic carboxylic acids is 2. The van der Waals surface area contributed by atoms with Crippen molar-refractivity contribution in [3.63, 3.8) is 0 Å². The van der Waals surface area contributed by atoms with Gasteiger partial charge in [0.25, 0.3) is 5.91 Å². The van der Waals surface area contributed by atoms with Crippen molar-refractivity contribution in [3.8, 4) is 0 Å². The average molecular weight is 270 g/mol. The molecule has 1 rings (SSSR count). The maximum Gasteiger partial charge on any atom is 0.326 e. The van der Waals surface area contributed by atoms with E-state index in [1.807, 2.05) is 5.32 Å². The van der Waals surface area contributed by atoms with E-state index in [0.717, 1.165) is 18.2 Å². The maximum atomic E-state index is 12.9. The van der Waals surface area contributed by atoms with Gasteiger partial charge in [-0.05, 0) is 18.2 Å². The summed E-state index contributed by atoms with van der Waals surface area (Å²) in [6.07, 6.45) is -0.766. The van der Waals surface area contributed by atoms with Crippen molar-refractivity contribution >= 4 is 23.5 Å². The third-order valence-corrected chi connectivity index (χ3v) is 2.24. The molecule has 1 aromatic carbocycles. The molecule has 0 heterocycles. The standard InChI is InChI=1S/C11H11FN2O5/c12-6-2-1-5(3-7(6)13)10(17)14-8(11(18)19)4-9(15)16/h1-3,8H,4,13H2,(H,14,17)(H,15,16)(H,18,19). The highest BCUT2D eigenvalue weighted by atomic mass is 19.1. The van der Waals surface area contributed by atoms with Crippen molar-refractivity contribution in [1.29, 1.82) is 0 Å². The van der Waals surface area contributed by atoms with Gasteiger partial charge < -0.3 is 21.3 Å². The summed E-state index contributed by atoms with van der Waals surface area (Å²) in [6, 6.07) is 1.53. The summed E-state index contributed by atoms with van der Waals surface area (Å²) >= 11 is 0. The number of carbonyl (C=O) groups is 3. The van der Waals surface area contributed by atoms with Crippen LogP contribution < -0.4 is 11.1 Å². The number of carbonyl (C=O) groups excluding carboxylic acids is 1. The van der Waals surface area contributed by atoms with E-state index in [4.69, 9.17) is 15.9 Å². The molecule has 0 fully saturated rings. The van der Waals surface area contributed by atoms with Crippen molar-refractivity contribution < 1.29 is 29.0 Å². The molecule has 0 aromatic heterocycles. The van der Waals surface area contributed by atoms with Crippen LogP contribution in [0.1, 0.15) is 16.8 Å². The lowest BCUT2D eigenvalue weighted by Gasteiger charge is -2.12. The molecule has 0 aliphatic carbocycles. The normalized spacial score (nSPS) is 11.6. The number of carboxylic acid groups (broad SMARTS) is 2. The van der Waals surface area contributed by atoms with Gasteiger partial charge in [-0.1, -0.05) is 0 Å². The fraction of sp³-hybridized carbons (Fsp3) is 0.182. The summed E-state index contributed by atoms with van der Waals surface area (Å²) < 4.78 is 12.9. The zero-order chi connectivity index (χ0) is 14.6. The van der Waals surface area contributed by atoms with E-state index in [1.165, 1.54) is 0 Å². The molecule has 7 nitrogen and oxygen atoms in total. The van der Waals surface area contributed by atoms with E-state index in [1.54, 1.807) is 0 Å². The van der Waals surface area contributed by atoms with Crippen LogP contribution in [0, 0.1) is 5.82 Å². The largest absolute Gasteiger partial charge is 0.481 e. The lowest BCUT2D eigenvalue weighted by Crippen LogP contribution is -2.42. The van der Waals surface area contributed by atoms with Crippen molar-refractivity contribution in [1.82, 2.24) is 5.32 Å². The third-order valence-electron chi connectivity index (χ3n) is 2.24. The maximum absolute atomic E-state index is 12.9. The van der Waals surface area contributed by atoms with Crippen molar-refractivity contribution in [2.24, 2.45) is 0 Å². The number of carboxylic acids is 2. The predicted octanol–water partition coefficient (Wildman–Crippen LogP) is 0.0656. The van der Waals surface area contributed by atoms with Crippen LogP contribution in [0.15, 0.2) is 18.2 Å². The van der Waals surface area contributed by atoms with E-state index in [0.29, 0.717) is 0 Å². The number of hydrogen-bond donors (Lipinski definition) is 4. The topological polar surface area (TPSA) is 130 Å². The van der Waals surface area contributed by atoms with Gasteiger partial charge in [-0.15, -0.1) is 0 Å². The number of rotatable bonds is 5. The lowest BCUT2D eigenvalue weighted by molar-refractivity contribution is -0.145. The Morgan fingerprint density at radius 3 is 2.42 bits per heavy atom. The molecular formula is C11H11FN2O5. The summed E-state index contributed by atoms with van der Waals surface area (Å²) in [6.45, 7) is 0. The van der Waals surface area contributed by atoms with Crippen LogP contribution in [0.25, 0.3) is 0 Å². The molecular weight excluding hydrogens is 259 g/mol. The lowest BCUT2D eigenvalue weighted by atomic mass is 10.1. The Bertz CT molecular complexity index is 532. The molecule has 0 aliphatic rings. The Kier molecular flexibility index (Phi) is 4.41. The minimum atomic E-state index is -1.57. The van der Waals surface area contributed by atoms with Crippen LogP contribution in [0.4, 0.5) is 10.1 Å². The number of nitrogen functional groups attached to an aromatic ring is 1. The summed E-state index contributed by atoms with van der Waals surface area (Å²) in [5, 5.41) is 19.3. The highest BCUT2D eigenvalue weighted by molar-refractivity contribution is 5.98. The van der Waals surface area contributed by atoms with Gasteiger partial charge in [0.1, 0.15) is 11.9 Å². The summed E-state index contributed by atoms with van der Waals surface area (Å²) in [5.74, 6) is -4.41. The van der Waals surface area contributed by atoms with Crippen LogP contribution in [-0.2, 0) is 9.59 Å². The minimum absolute atomic E-state index is 0.0597. The molecule has 102 valence electrons. The Morgan fingerprint density at radius 2 is 1.95 bits per heavy atom. The van der Waals surface area contributed by atoms with E-state index >= 15 is 0 Å². The first-order valence-corrected chi connectivity index (χ1v) is 5.11. The summed E-state index contributed by atoms with van der Waals surface area (Å²) in [4.78, 5) is 32.9. The summed E-state index contributed by atoms with van der Waals surface area (Å²) in [5.41, 5.74) is 4.94. The van der Waals surface area contributed by atoms with Crippen molar-refractivity contribution in [2.75, 3.05) is 5.73 Å². The van der Waals surface area contributed by atoms with E-state index < -0.39 is 36.1 Å². The van der Waals surface area contributed by atoms with Crippen LogP contribution >= 0.6 is 0 Å². The zero-order valence-electron chi connectivity index (χ0n) is 9.59. The van der Waals surface area contributed by atoms with Crippen LogP contribution in [0.5, 0.6) is 0 Å². The third kappa shape index (κ3) is 3.95. The first kappa shape index (κ1) is 14.4. The molecule has 0 spiro atoms. The molecule has 1 amide bonds. The van der Waals surface area contributed by atoms with Gasteiger partial charge in [0.2, 0.25) is 0 Å². The minimum Gasteiger partial charge on any atom is -0.481 e. The first-order chi connectivity index (χ1) is 8.81. The fourth-order valence-electron chi connectivity index (χ4n) is 1.30. The van der Waals surface area contributed by atoms with Gasteiger partial charge in [-0.2, -0.15) is 0 Å². The molecule has 1 aromatic rings. The number of nitrogens with one attached hydrogen (secondary N) is 1. The molecule has 19 heavy (non-hydrogen) atoms. The molecule has 5 N–H and O–H groups in total.